The van der Waals surface area contributed by atoms with E-state index in [9.17, 15) is 4.79 Å². The van der Waals surface area contributed by atoms with E-state index in [2.05, 4.69) is 4.98 Å². The van der Waals surface area contributed by atoms with Gasteiger partial charge in [0.05, 0.1) is 33.0 Å². The van der Waals surface area contributed by atoms with Crippen LogP contribution in [0.1, 0.15) is 21.1 Å². The highest BCUT2D eigenvalue weighted by molar-refractivity contribution is 7.09. The van der Waals surface area contributed by atoms with Gasteiger partial charge in [-0.2, -0.15) is 0 Å². The average molecular weight is 330 g/mol. The first-order chi connectivity index (χ1) is 9.38. The van der Waals surface area contributed by atoms with Gasteiger partial charge in [0.1, 0.15) is 0 Å². The van der Waals surface area contributed by atoms with E-state index < -0.39 is 0 Å². The second-order valence-corrected chi connectivity index (χ2v) is 6.23. The molecule has 0 fully saturated rings. The number of amides is 1. The summed E-state index contributed by atoms with van der Waals surface area (Å²) in [6.45, 7) is 2.36. The van der Waals surface area contributed by atoms with Crippen molar-refractivity contribution in [2.24, 2.45) is 0 Å². The number of nitrogens with two attached hydrogens (primary N) is 1. The molecule has 20 heavy (non-hydrogen) atoms. The molecule has 106 valence electrons. The van der Waals surface area contributed by atoms with Crippen LogP contribution in [0.5, 0.6) is 0 Å². The molecule has 0 bridgehead atoms. The van der Waals surface area contributed by atoms with Crippen molar-refractivity contribution in [3.05, 3.63) is 43.8 Å². The Hall–Kier alpha value is -1.30. The monoisotopic (exact) mass is 329 g/mol. The predicted octanol–water partition coefficient (Wildman–Crippen LogP) is 3.61. The largest absolute Gasteiger partial charge is 0.397 e. The van der Waals surface area contributed by atoms with Crippen LogP contribution < -0.4 is 5.73 Å². The Balaban J connectivity index is 2.18. The molecule has 0 aliphatic heterocycles. The first-order valence-electron chi connectivity index (χ1n) is 5.79. The highest BCUT2D eigenvalue weighted by atomic mass is 35.5. The predicted molar refractivity (Wildman–Crippen MR) is 83.5 cm³/mol. The molecule has 0 aliphatic carbocycles. The van der Waals surface area contributed by atoms with E-state index in [-0.39, 0.29) is 16.0 Å². The maximum atomic E-state index is 12.3. The van der Waals surface area contributed by atoms with E-state index >= 15 is 0 Å². The summed E-state index contributed by atoms with van der Waals surface area (Å²) < 4.78 is 0. The third kappa shape index (κ3) is 3.23. The highest BCUT2D eigenvalue weighted by Gasteiger charge is 2.16. The minimum absolute atomic E-state index is 0.180. The highest BCUT2D eigenvalue weighted by Crippen LogP contribution is 2.29. The lowest BCUT2D eigenvalue weighted by atomic mass is 10.1. The Morgan fingerprint density at radius 2 is 2.15 bits per heavy atom. The fourth-order valence-electron chi connectivity index (χ4n) is 1.75. The first-order valence-corrected chi connectivity index (χ1v) is 7.43. The number of hydrogen-bond donors (Lipinski definition) is 1. The van der Waals surface area contributed by atoms with E-state index in [1.807, 2.05) is 12.3 Å². The van der Waals surface area contributed by atoms with Crippen LogP contribution in [0.15, 0.2) is 17.5 Å². The number of benzene rings is 1. The molecule has 7 heteroatoms. The smallest absolute Gasteiger partial charge is 0.254 e. The zero-order chi connectivity index (χ0) is 14.9. The van der Waals surface area contributed by atoms with Gasteiger partial charge in [-0.1, -0.05) is 23.2 Å². The third-order valence-corrected chi connectivity index (χ3v) is 4.35. The van der Waals surface area contributed by atoms with Crippen LogP contribution >= 0.6 is 34.5 Å². The Bertz CT molecular complexity index is 634. The molecular formula is C13H13Cl2N3OS. The van der Waals surface area contributed by atoms with Crippen LogP contribution in [0.2, 0.25) is 10.0 Å². The minimum atomic E-state index is -0.180. The average Bonchev–Trinajstić information content (AvgIpc) is 2.79. The van der Waals surface area contributed by atoms with E-state index in [1.165, 1.54) is 12.1 Å². The van der Waals surface area contributed by atoms with Gasteiger partial charge in [0, 0.05) is 18.0 Å². The van der Waals surface area contributed by atoms with E-state index in [1.54, 1.807) is 23.3 Å². The molecule has 0 radical (unpaired) electrons. The zero-order valence-electron chi connectivity index (χ0n) is 11.0. The number of aryl methyl sites for hydroxylation is 1. The van der Waals surface area contributed by atoms with Gasteiger partial charge in [0.15, 0.2) is 0 Å². The van der Waals surface area contributed by atoms with Gasteiger partial charge >= 0.3 is 0 Å². The molecule has 2 N–H and O–H groups in total. The summed E-state index contributed by atoms with van der Waals surface area (Å²) in [5.74, 6) is -0.180. The van der Waals surface area contributed by atoms with Crippen molar-refractivity contribution in [3.8, 4) is 0 Å². The summed E-state index contributed by atoms with van der Waals surface area (Å²) >= 11 is 13.4. The van der Waals surface area contributed by atoms with Crippen molar-refractivity contribution >= 4 is 46.1 Å². The lowest BCUT2D eigenvalue weighted by molar-refractivity contribution is 0.0783. The minimum Gasteiger partial charge on any atom is -0.397 e. The Morgan fingerprint density at radius 1 is 1.45 bits per heavy atom. The van der Waals surface area contributed by atoms with E-state index in [0.29, 0.717) is 17.8 Å². The fourth-order valence-corrected chi connectivity index (χ4v) is 2.69. The number of aromatic nitrogens is 1. The number of halogens is 2. The van der Waals surface area contributed by atoms with Crippen LogP contribution in [-0.2, 0) is 6.54 Å². The summed E-state index contributed by atoms with van der Waals surface area (Å²) in [7, 11) is 1.70. The van der Waals surface area contributed by atoms with Gasteiger partial charge in [0.2, 0.25) is 0 Å². The number of carbonyl (C=O) groups is 1. The number of rotatable bonds is 3. The number of nitrogens with zero attached hydrogens (tertiary/aromatic N) is 2. The molecule has 1 heterocycles. The van der Waals surface area contributed by atoms with Crippen molar-refractivity contribution in [2.45, 2.75) is 13.5 Å². The lowest BCUT2D eigenvalue weighted by Gasteiger charge is -2.16. The molecule has 1 amide bonds. The summed E-state index contributed by atoms with van der Waals surface area (Å²) in [5.41, 5.74) is 7.28. The normalized spacial score (nSPS) is 10.6. The van der Waals surface area contributed by atoms with Gasteiger partial charge in [-0.3, -0.25) is 4.79 Å². The number of hydrogen-bond acceptors (Lipinski definition) is 4. The number of thiazole rings is 1. The second-order valence-electron chi connectivity index (χ2n) is 4.38. The van der Waals surface area contributed by atoms with Gasteiger partial charge in [-0.05, 0) is 19.1 Å². The summed E-state index contributed by atoms with van der Waals surface area (Å²) in [6, 6.07) is 3.05. The molecule has 0 spiro atoms. The lowest BCUT2D eigenvalue weighted by Crippen LogP contribution is -2.26. The molecule has 0 atom stereocenters. The van der Waals surface area contributed by atoms with Gasteiger partial charge in [-0.15, -0.1) is 11.3 Å². The van der Waals surface area contributed by atoms with Crippen LogP contribution in [0.25, 0.3) is 0 Å². The second kappa shape index (κ2) is 5.99. The van der Waals surface area contributed by atoms with Crippen molar-refractivity contribution in [3.63, 3.8) is 0 Å². The molecule has 2 aromatic rings. The topological polar surface area (TPSA) is 59.2 Å². The van der Waals surface area contributed by atoms with Crippen molar-refractivity contribution in [1.82, 2.24) is 9.88 Å². The molecular weight excluding hydrogens is 317 g/mol. The third-order valence-electron chi connectivity index (χ3n) is 2.72. The molecule has 0 saturated heterocycles. The quantitative estimate of drug-likeness (QED) is 0.875. The Labute approximate surface area is 131 Å². The standard InChI is InChI=1S/C13H13Cl2N3OS/c1-7-17-9(6-20-7)5-18(2)13(19)8-3-10(14)12(15)11(16)4-8/h3-4,6H,5,16H2,1-2H3. The molecule has 4 nitrogen and oxygen atoms in total. The molecule has 2 rings (SSSR count). The van der Waals surface area contributed by atoms with Crippen LogP contribution in [0.4, 0.5) is 5.69 Å². The van der Waals surface area contributed by atoms with Crippen LogP contribution in [-0.4, -0.2) is 22.8 Å². The molecule has 1 aromatic heterocycles. The summed E-state index contributed by atoms with van der Waals surface area (Å²) in [5, 5.41) is 3.44. The molecule has 0 saturated carbocycles. The van der Waals surface area contributed by atoms with Crippen molar-refractivity contribution in [1.29, 1.82) is 0 Å². The van der Waals surface area contributed by atoms with E-state index in [0.717, 1.165) is 10.7 Å². The summed E-state index contributed by atoms with van der Waals surface area (Å²) in [6.07, 6.45) is 0. The number of nitrogen functional groups attached to an aromatic ring is 1. The van der Waals surface area contributed by atoms with Crippen LogP contribution in [0, 0.1) is 6.92 Å². The van der Waals surface area contributed by atoms with Gasteiger partial charge in [-0.25, -0.2) is 4.98 Å². The van der Waals surface area contributed by atoms with Crippen molar-refractivity contribution < 1.29 is 4.79 Å². The molecule has 0 unspecified atom stereocenters. The fraction of sp³-hybridized carbons (Fsp3) is 0.231. The number of carbonyl (C=O) groups excluding carboxylic acids is 1. The van der Waals surface area contributed by atoms with Gasteiger partial charge < -0.3 is 10.6 Å². The number of anilines is 1. The maximum Gasteiger partial charge on any atom is 0.254 e. The molecule has 1 aromatic carbocycles. The Kier molecular flexibility index (Phi) is 4.52. The van der Waals surface area contributed by atoms with E-state index in [4.69, 9.17) is 28.9 Å². The van der Waals surface area contributed by atoms with Gasteiger partial charge in [0.25, 0.3) is 5.91 Å². The zero-order valence-corrected chi connectivity index (χ0v) is 13.3. The van der Waals surface area contributed by atoms with Crippen LogP contribution in [0.3, 0.4) is 0 Å². The Morgan fingerprint density at radius 3 is 2.70 bits per heavy atom. The first kappa shape index (κ1) is 15.1. The molecule has 0 aliphatic rings. The maximum absolute atomic E-state index is 12.3. The van der Waals surface area contributed by atoms with Crippen molar-refractivity contribution in [2.75, 3.05) is 12.8 Å². The SMILES string of the molecule is Cc1nc(CN(C)C(=O)c2cc(N)c(Cl)c(Cl)c2)cs1. The summed E-state index contributed by atoms with van der Waals surface area (Å²) in [4.78, 5) is 18.2.